The molecule has 1 aliphatic carbocycles. The number of nitrogens with zero attached hydrogens (tertiary/aromatic N) is 3. The smallest absolute Gasteiger partial charge is 0.254 e. The maximum absolute atomic E-state index is 13.7. The molecule has 0 radical (unpaired) electrons. The van der Waals surface area contributed by atoms with Gasteiger partial charge in [0.2, 0.25) is 5.91 Å². The molecular formula is C24H27FN4O2S. The van der Waals surface area contributed by atoms with Crippen LogP contribution in [-0.4, -0.2) is 46.4 Å². The Balaban J connectivity index is 1.47. The summed E-state index contributed by atoms with van der Waals surface area (Å²) in [5.41, 5.74) is 2.92. The zero-order valence-electron chi connectivity index (χ0n) is 18.1. The van der Waals surface area contributed by atoms with E-state index in [1.165, 1.54) is 36.7 Å². The molecule has 8 heteroatoms. The minimum atomic E-state index is -0.436. The van der Waals surface area contributed by atoms with Gasteiger partial charge in [-0.25, -0.2) is 9.38 Å². The topological polar surface area (TPSA) is 65.0 Å². The number of hydrogen-bond acceptors (Lipinski definition) is 5. The fourth-order valence-electron chi connectivity index (χ4n) is 4.50. The molecule has 2 amide bonds. The van der Waals surface area contributed by atoms with Crippen LogP contribution in [0.2, 0.25) is 0 Å². The van der Waals surface area contributed by atoms with E-state index in [4.69, 9.17) is 4.99 Å². The van der Waals surface area contributed by atoms with E-state index in [0.29, 0.717) is 17.2 Å². The molecule has 1 aromatic rings. The molecule has 4 aliphatic rings. The highest BCUT2D eigenvalue weighted by atomic mass is 32.2. The van der Waals surface area contributed by atoms with Crippen LogP contribution in [0.15, 0.2) is 51.6 Å². The average molecular weight is 455 g/mol. The van der Waals surface area contributed by atoms with Crippen molar-refractivity contribution in [2.75, 3.05) is 19.6 Å². The molecule has 168 valence electrons. The largest absolute Gasteiger partial charge is 0.355 e. The first-order valence-corrected chi connectivity index (χ1v) is 12.1. The van der Waals surface area contributed by atoms with Crippen LogP contribution in [0.1, 0.15) is 50.6 Å². The molecule has 1 aromatic carbocycles. The second kappa shape index (κ2) is 8.73. The van der Waals surface area contributed by atoms with Gasteiger partial charge in [-0.2, -0.15) is 0 Å². The van der Waals surface area contributed by atoms with E-state index in [1.54, 1.807) is 12.1 Å². The van der Waals surface area contributed by atoms with E-state index in [0.717, 1.165) is 48.9 Å². The van der Waals surface area contributed by atoms with Crippen LogP contribution in [0.3, 0.4) is 0 Å². The van der Waals surface area contributed by atoms with Crippen molar-refractivity contribution in [3.8, 4) is 0 Å². The lowest BCUT2D eigenvalue weighted by Crippen LogP contribution is -2.41. The third-order valence-electron chi connectivity index (χ3n) is 6.44. The first-order chi connectivity index (χ1) is 15.5. The van der Waals surface area contributed by atoms with E-state index in [2.05, 4.69) is 5.32 Å². The number of fused-ring (bicyclic) bond motifs is 1. The van der Waals surface area contributed by atoms with Crippen molar-refractivity contribution in [3.63, 3.8) is 0 Å². The highest BCUT2D eigenvalue weighted by Gasteiger charge is 2.42. The van der Waals surface area contributed by atoms with Gasteiger partial charge in [-0.3, -0.25) is 9.59 Å². The van der Waals surface area contributed by atoms with Crippen LogP contribution < -0.4 is 5.32 Å². The molecule has 2 fully saturated rings. The van der Waals surface area contributed by atoms with Gasteiger partial charge in [-0.05, 0) is 61.6 Å². The molecule has 5 rings (SSSR count). The third kappa shape index (κ3) is 4.20. The zero-order chi connectivity index (χ0) is 22.2. The van der Waals surface area contributed by atoms with Gasteiger partial charge in [0.05, 0.1) is 23.7 Å². The Hall–Kier alpha value is -2.61. The fraction of sp³-hybridized carbons (Fsp3) is 0.458. The van der Waals surface area contributed by atoms with Gasteiger partial charge in [-0.15, -0.1) is 0 Å². The summed E-state index contributed by atoms with van der Waals surface area (Å²) < 4.78 is 13.7. The fourth-order valence-corrected chi connectivity index (χ4v) is 5.47. The number of allylic oxidation sites excluding steroid dienone is 1. The summed E-state index contributed by atoms with van der Waals surface area (Å²) in [5, 5.41) is 5.72. The van der Waals surface area contributed by atoms with Crippen LogP contribution >= 0.6 is 11.8 Å². The van der Waals surface area contributed by atoms with Gasteiger partial charge >= 0.3 is 0 Å². The van der Waals surface area contributed by atoms with Gasteiger partial charge in [0.1, 0.15) is 5.82 Å². The summed E-state index contributed by atoms with van der Waals surface area (Å²) in [6.45, 7) is 4.07. The molecule has 3 aliphatic heterocycles. The quantitative estimate of drug-likeness (QED) is 0.707. The normalized spacial score (nSPS) is 22.6. The maximum Gasteiger partial charge on any atom is 0.254 e. The van der Waals surface area contributed by atoms with Crippen molar-refractivity contribution >= 4 is 28.7 Å². The predicted molar refractivity (Wildman–Crippen MR) is 123 cm³/mol. The zero-order valence-corrected chi connectivity index (χ0v) is 19.0. The van der Waals surface area contributed by atoms with E-state index < -0.39 is 6.04 Å². The van der Waals surface area contributed by atoms with Crippen molar-refractivity contribution in [3.05, 3.63) is 58.0 Å². The highest BCUT2D eigenvalue weighted by molar-refractivity contribution is 8.16. The molecule has 1 unspecified atom stereocenters. The second-order valence-electron chi connectivity index (χ2n) is 8.87. The standard InChI is InChI=1S/C24H27FN4O2S/c1-15-21(23(31)28-10-2-3-11-28)22(17-6-8-18(25)9-7-17)29-19(14-32-24(29)27-15)12-20(30)26-13-16-4-5-16/h6-9,14,16,22H,2-5,10-13H2,1H3,(H,26,30). The van der Waals surface area contributed by atoms with Crippen molar-refractivity contribution in [1.29, 1.82) is 0 Å². The van der Waals surface area contributed by atoms with Gasteiger partial charge in [0.25, 0.3) is 5.91 Å². The Bertz CT molecular complexity index is 1020. The summed E-state index contributed by atoms with van der Waals surface area (Å²) in [4.78, 5) is 34.8. The minimum absolute atomic E-state index is 0.0217. The third-order valence-corrected chi connectivity index (χ3v) is 7.33. The van der Waals surface area contributed by atoms with E-state index in [9.17, 15) is 14.0 Å². The Morgan fingerprint density at radius 3 is 2.59 bits per heavy atom. The average Bonchev–Trinajstić information content (AvgIpc) is 3.28. The van der Waals surface area contributed by atoms with Crippen molar-refractivity contribution in [2.45, 2.75) is 45.1 Å². The number of carbonyl (C=O) groups is 2. The predicted octanol–water partition coefficient (Wildman–Crippen LogP) is 3.94. The van der Waals surface area contributed by atoms with Gasteiger partial charge in [0.15, 0.2) is 5.17 Å². The minimum Gasteiger partial charge on any atom is -0.355 e. The van der Waals surface area contributed by atoms with Crippen molar-refractivity contribution in [2.24, 2.45) is 10.9 Å². The van der Waals surface area contributed by atoms with E-state index >= 15 is 0 Å². The number of benzene rings is 1. The maximum atomic E-state index is 13.7. The SMILES string of the molecule is CC1=C(C(=O)N2CCCC2)C(c2ccc(F)cc2)N2C(CC(=O)NCC3CC3)=CSC2=N1. The van der Waals surface area contributed by atoms with Gasteiger partial charge in [-0.1, -0.05) is 23.9 Å². The number of halogens is 1. The number of amidine groups is 1. The van der Waals surface area contributed by atoms with Crippen LogP contribution in [0.4, 0.5) is 4.39 Å². The van der Waals surface area contributed by atoms with Gasteiger partial charge in [0, 0.05) is 25.3 Å². The Morgan fingerprint density at radius 2 is 1.91 bits per heavy atom. The number of thioether (sulfide) groups is 1. The summed E-state index contributed by atoms with van der Waals surface area (Å²) in [6, 6.07) is 5.85. The summed E-state index contributed by atoms with van der Waals surface area (Å²) in [6.07, 6.45) is 4.58. The first kappa shape index (κ1) is 21.2. The van der Waals surface area contributed by atoms with Crippen molar-refractivity contribution in [1.82, 2.24) is 15.1 Å². The number of nitrogens with one attached hydrogen (secondary N) is 1. The van der Waals surface area contributed by atoms with Crippen LogP contribution in [0.25, 0.3) is 0 Å². The monoisotopic (exact) mass is 454 g/mol. The number of hydrogen-bond donors (Lipinski definition) is 1. The first-order valence-electron chi connectivity index (χ1n) is 11.3. The van der Waals surface area contributed by atoms with Crippen LogP contribution in [0.5, 0.6) is 0 Å². The molecule has 1 saturated heterocycles. The number of amides is 2. The lowest BCUT2D eigenvalue weighted by Gasteiger charge is -2.37. The molecule has 1 atom stereocenters. The number of aliphatic imine (C=N–C) groups is 1. The Kier molecular flexibility index (Phi) is 5.80. The molecule has 0 bridgehead atoms. The highest BCUT2D eigenvalue weighted by Crippen LogP contribution is 2.45. The van der Waals surface area contributed by atoms with Crippen LogP contribution in [0, 0.1) is 11.7 Å². The molecule has 1 saturated carbocycles. The lowest BCUT2D eigenvalue weighted by atomic mass is 9.92. The van der Waals surface area contributed by atoms with E-state index in [-0.39, 0.29) is 24.1 Å². The van der Waals surface area contributed by atoms with Crippen LogP contribution in [-0.2, 0) is 9.59 Å². The summed E-state index contributed by atoms with van der Waals surface area (Å²) in [5.74, 6) is 0.242. The summed E-state index contributed by atoms with van der Waals surface area (Å²) in [7, 11) is 0. The molecular weight excluding hydrogens is 427 g/mol. The lowest BCUT2D eigenvalue weighted by molar-refractivity contribution is -0.126. The number of rotatable bonds is 6. The Labute approximate surface area is 191 Å². The molecule has 6 nitrogen and oxygen atoms in total. The molecule has 0 aromatic heterocycles. The molecule has 3 heterocycles. The number of carbonyl (C=O) groups excluding carboxylic acids is 2. The summed E-state index contributed by atoms with van der Waals surface area (Å²) >= 11 is 1.47. The van der Waals surface area contributed by atoms with E-state index in [1.807, 2.05) is 22.1 Å². The van der Waals surface area contributed by atoms with Crippen molar-refractivity contribution < 1.29 is 14.0 Å². The van der Waals surface area contributed by atoms with Gasteiger partial charge < -0.3 is 15.1 Å². The molecule has 1 N–H and O–H groups in total. The Morgan fingerprint density at radius 1 is 1.19 bits per heavy atom. The number of likely N-dealkylation sites (tertiary alicyclic amines) is 1. The second-order valence-corrected chi connectivity index (χ2v) is 9.70. The molecule has 32 heavy (non-hydrogen) atoms. The molecule has 0 spiro atoms.